The van der Waals surface area contributed by atoms with Crippen LogP contribution in [-0.4, -0.2) is 19.3 Å². The number of epoxide rings is 1. The van der Waals surface area contributed by atoms with Gasteiger partial charge in [-0.2, -0.15) is 0 Å². The highest BCUT2D eigenvalue weighted by atomic mass is 16.6. The summed E-state index contributed by atoms with van der Waals surface area (Å²) in [5, 5.41) is 0. The van der Waals surface area contributed by atoms with Crippen molar-refractivity contribution in [2.75, 3.05) is 13.2 Å². The van der Waals surface area contributed by atoms with Gasteiger partial charge in [-0.1, -0.05) is 13.8 Å². The van der Waals surface area contributed by atoms with Crippen LogP contribution in [0.25, 0.3) is 0 Å². The van der Waals surface area contributed by atoms with Crippen LogP contribution in [-0.2, 0) is 9.47 Å². The lowest BCUT2D eigenvalue weighted by Crippen LogP contribution is -1.95. The first-order valence-corrected chi connectivity index (χ1v) is 4.17. The minimum Gasteiger partial charge on any atom is -0.499 e. The summed E-state index contributed by atoms with van der Waals surface area (Å²) >= 11 is 0. The van der Waals surface area contributed by atoms with E-state index in [0.717, 1.165) is 13.0 Å². The average Bonchev–Trinajstić information content (AvgIpc) is 2.70. The van der Waals surface area contributed by atoms with Crippen LogP contribution < -0.4 is 0 Å². The first-order valence-electron chi connectivity index (χ1n) is 4.17. The largest absolute Gasteiger partial charge is 0.499 e. The third-order valence-corrected chi connectivity index (χ3v) is 1.48. The van der Waals surface area contributed by atoms with Crippen LogP contribution in [0.5, 0.6) is 0 Å². The highest BCUT2D eigenvalue weighted by Crippen LogP contribution is 2.08. The Labute approximate surface area is 68.2 Å². The average molecular weight is 156 g/mol. The lowest BCUT2D eigenvalue weighted by atomic mass is 10.1. The number of ether oxygens (including phenoxy) is 2. The molecule has 0 aliphatic carbocycles. The molecule has 0 aromatic rings. The minimum absolute atomic E-state index is 0.374. The van der Waals surface area contributed by atoms with Gasteiger partial charge in [0.25, 0.3) is 0 Å². The molecule has 64 valence electrons. The van der Waals surface area contributed by atoms with E-state index in [1.807, 2.05) is 0 Å². The molecule has 0 amide bonds. The van der Waals surface area contributed by atoms with Gasteiger partial charge in [0.1, 0.15) is 12.7 Å². The molecule has 11 heavy (non-hydrogen) atoms. The topological polar surface area (TPSA) is 21.8 Å². The molecule has 1 saturated heterocycles. The lowest BCUT2D eigenvalue weighted by Gasteiger charge is -1.97. The van der Waals surface area contributed by atoms with Crippen LogP contribution in [0.2, 0.25) is 0 Å². The predicted molar refractivity (Wildman–Crippen MR) is 44.3 cm³/mol. The van der Waals surface area contributed by atoms with Gasteiger partial charge in [-0.05, 0) is 18.4 Å². The van der Waals surface area contributed by atoms with Gasteiger partial charge in [-0.15, -0.1) is 0 Å². The molecule has 0 aromatic carbocycles. The van der Waals surface area contributed by atoms with E-state index in [4.69, 9.17) is 9.47 Å². The van der Waals surface area contributed by atoms with E-state index in [-0.39, 0.29) is 0 Å². The minimum atomic E-state index is 0.374. The van der Waals surface area contributed by atoms with Crippen LogP contribution in [0.3, 0.4) is 0 Å². The second kappa shape index (κ2) is 4.39. The normalized spacial score (nSPS) is 23.0. The molecule has 1 rings (SSSR count). The number of allylic oxidation sites excluding steroid dienone is 1. The molecular formula is C9H16O2. The first kappa shape index (κ1) is 8.60. The van der Waals surface area contributed by atoms with Crippen molar-refractivity contribution in [1.82, 2.24) is 0 Å². The molecule has 2 heteroatoms. The maximum absolute atomic E-state index is 5.20. The number of rotatable bonds is 5. The summed E-state index contributed by atoms with van der Waals surface area (Å²) in [6.07, 6.45) is 5.30. The van der Waals surface area contributed by atoms with Gasteiger partial charge < -0.3 is 9.47 Å². The van der Waals surface area contributed by atoms with Crippen LogP contribution in [0.1, 0.15) is 20.3 Å². The van der Waals surface area contributed by atoms with Gasteiger partial charge in [0.05, 0.1) is 12.9 Å². The SMILES string of the molecule is CC(C)CC=COCC1CO1. The van der Waals surface area contributed by atoms with Crippen molar-refractivity contribution in [3.05, 3.63) is 12.3 Å². The Morgan fingerprint density at radius 1 is 1.64 bits per heavy atom. The molecule has 0 bridgehead atoms. The summed E-state index contributed by atoms with van der Waals surface area (Å²) in [7, 11) is 0. The molecule has 0 aromatic heterocycles. The second-order valence-corrected chi connectivity index (χ2v) is 3.29. The van der Waals surface area contributed by atoms with Crippen molar-refractivity contribution < 1.29 is 9.47 Å². The summed E-state index contributed by atoms with van der Waals surface area (Å²) in [6.45, 7) is 5.97. The fraction of sp³-hybridized carbons (Fsp3) is 0.778. The fourth-order valence-corrected chi connectivity index (χ4v) is 0.723. The Kier molecular flexibility index (Phi) is 3.43. The maximum atomic E-state index is 5.20. The van der Waals surface area contributed by atoms with Gasteiger partial charge in [0.2, 0.25) is 0 Å². The monoisotopic (exact) mass is 156 g/mol. The van der Waals surface area contributed by atoms with Crippen LogP contribution in [0.4, 0.5) is 0 Å². The summed E-state index contributed by atoms with van der Waals surface area (Å²) in [5.74, 6) is 0.715. The Morgan fingerprint density at radius 2 is 2.36 bits per heavy atom. The lowest BCUT2D eigenvalue weighted by molar-refractivity contribution is 0.211. The Hall–Kier alpha value is -0.500. The van der Waals surface area contributed by atoms with Crippen molar-refractivity contribution in [2.45, 2.75) is 26.4 Å². The fourth-order valence-electron chi connectivity index (χ4n) is 0.723. The van der Waals surface area contributed by atoms with Crippen molar-refractivity contribution in [2.24, 2.45) is 5.92 Å². The van der Waals surface area contributed by atoms with E-state index in [9.17, 15) is 0 Å². The summed E-state index contributed by atoms with van der Waals surface area (Å²) in [4.78, 5) is 0. The molecule has 1 atom stereocenters. The Bertz CT molecular complexity index is 126. The second-order valence-electron chi connectivity index (χ2n) is 3.29. The van der Waals surface area contributed by atoms with Gasteiger partial charge in [0.15, 0.2) is 0 Å². The summed E-state index contributed by atoms with van der Waals surface area (Å²) in [6, 6.07) is 0. The third-order valence-electron chi connectivity index (χ3n) is 1.48. The van der Waals surface area contributed by atoms with E-state index in [1.165, 1.54) is 0 Å². The van der Waals surface area contributed by atoms with E-state index < -0.39 is 0 Å². The van der Waals surface area contributed by atoms with Crippen LogP contribution >= 0.6 is 0 Å². The molecule has 1 fully saturated rings. The zero-order chi connectivity index (χ0) is 8.10. The van der Waals surface area contributed by atoms with Gasteiger partial charge in [0, 0.05) is 0 Å². The summed E-state index contributed by atoms with van der Waals surface area (Å²) in [5.41, 5.74) is 0. The Balaban J connectivity index is 1.87. The highest BCUT2D eigenvalue weighted by molar-refractivity contribution is 4.76. The molecule has 0 spiro atoms. The standard InChI is InChI=1S/C9H16O2/c1-8(2)4-3-5-10-6-9-7-11-9/h3,5,8-9H,4,6-7H2,1-2H3. The first-order chi connectivity index (χ1) is 5.29. The molecule has 0 saturated carbocycles. The molecule has 0 N–H and O–H groups in total. The highest BCUT2D eigenvalue weighted by Gasteiger charge is 2.22. The molecule has 1 unspecified atom stereocenters. The molecule has 2 nitrogen and oxygen atoms in total. The smallest absolute Gasteiger partial charge is 0.116 e. The zero-order valence-corrected chi connectivity index (χ0v) is 7.25. The zero-order valence-electron chi connectivity index (χ0n) is 7.25. The quantitative estimate of drug-likeness (QED) is 0.448. The van der Waals surface area contributed by atoms with E-state index in [2.05, 4.69) is 19.9 Å². The molecule has 1 aliphatic rings. The number of hydrogen-bond donors (Lipinski definition) is 0. The number of hydrogen-bond acceptors (Lipinski definition) is 2. The van der Waals surface area contributed by atoms with Gasteiger partial charge >= 0.3 is 0 Å². The van der Waals surface area contributed by atoms with Gasteiger partial charge in [-0.3, -0.25) is 0 Å². The van der Waals surface area contributed by atoms with E-state index in [1.54, 1.807) is 6.26 Å². The summed E-state index contributed by atoms with van der Waals surface area (Å²) < 4.78 is 10.2. The van der Waals surface area contributed by atoms with Crippen molar-refractivity contribution in [3.8, 4) is 0 Å². The molecule has 1 aliphatic heterocycles. The van der Waals surface area contributed by atoms with Crippen molar-refractivity contribution in [3.63, 3.8) is 0 Å². The molecular weight excluding hydrogens is 140 g/mol. The third kappa shape index (κ3) is 4.85. The Morgan fingerprint density at radius 3 is 2.91 bits per heavy atom. The van der Waals surface area contributed by atoms with Crippen LogP contribution in [0, 0.1) is 5.92 Å². The molecule has 0 radical (unpaired) electrons. The molecule has 1 heterocycles. The predicted octanol–water partition coefficient (Wildman–Crippen LogP) is 1.96. The van der Waals surface area contributed by atoms with Gasteiger partial charge in [-0.25, -0.2) is 0 Å². The maximum Gasteiger partial charge on any atom is 0.116 e. The van der Waals surface area contributed by atoms with E-state index in [0.29, 0.717) is 18.6 Å². The van der Waals surface area contributed by atoms with E-state index >= 15 is 0 Å². The van der Waals surface area contributed by atoms with Crippen molar-refractivity contribution in [1.29, 1.82) is 0 Å². The van der Waals surface area contributed by atoms with Crippen molar-refractivity contribution >= 4 is 0 Å². The van der Waals surface area contributed by atoms with Crippen LogP contribution in [0.15, 0.2) is 12.3 Å².